The van der Waals surface area contributed by atoms with Gasteiger partial charge >= 0.3 is 0 Å². The number of nitrogens with one attached hydrogen (secondary N) is 1. The second-order valence-electron chi connectivity index (χ2n) is 5.70. The van der Waals surface area contributed by atoms with Gasteiger partial charge in [-0.05, 0) is 44.0 Å². The Kier molecular flexibility index (Phi) is 3.62. The Hall–Kier alpha value is -1.26. The summed E-state index contributed by atoms with van der Waals surface area (Å²) in [7, 11) is 0. The normalized spacial score (nSPS) is 27.2. The molecule has 3 N–H and O–H groups in total. The van der Waals surface area contributed by atoms with Crippen LogP contribution in [0.25, 0.3) is 0 Å². The van der Waals surface area contributed by atoms with Crippen molar-refractivity contribution >= 4 is 11.4 Å². The summed E-state index contributed by atoms with van der Waals surface area (Å²) in [6.45, 7) is 6.06. The Bertz CT molecular complexity index is 449. The average Bonchev–Trinajstić information content (AvgIpc) is 2.87. The van der Waals surface area contributed by atoms with E-state index in [1.54, 1.807) is 0 Å². The zero-order chi connectivity index (χ0) is 13.2. The van der Waals surface area contributed by atoms with Crippen molar-refractivity contribution in [1.82, 2.24) is 4.90 Å². The van der Waals surface area contributed by atoms with Crippen LogP contribution in [0.4, 0.5) is 11.4 Å². The third-order valence-electron chi connectivity index (χ3n) is 4.27. The van der Waals surface area contributed by atoms with Crippen molar-refractivity contribution in [2.45, 2.75) is 31.9 Å². The van der Waals surface area contributed by atoms with E-state index in [2.05, 4.69) is 22.3 Å². The molecule has 2 aliphatic heterocycles. The summed E-state index contributed by atoms with van der Waals surface area (Å²) in [5.41, 5.74) is 8.97. The number of anilines is 2. The SMILES string of the molecule is Cc1ccc(NCC2CN3CCCC3CO2)cc1N. The Morgan fingerprint density at radius 1 is 1.47 bits per heavy atom. The molecule has 19 heavy (non-hydrogen) atoms. The van der Waals surface area contributed by atoms with Crippen molar-refractivity contribution in [3.05, 3.63) is 23.8 Å². The highest BCUT2D eigenvalue weighted by Crippen LogP contribution is 2.23. The standard InChI is InChI=1S/C15H23N3O/c1-11-4-5-12(7-15(11)16)17-8-14-9-18-6-2-3-13(18)10-19-14/h4-5,7,13-14,17H,2-3,6,8-10,16H2,1H3. The van der Waals surface area contributed by atoms with Gasteiger partial charge in [0.05, 0.1) is 12.7 Å². The van der Waals surface area contributed by atoms with Crippen LogP contribution in [0.1, 0.15) is 18.4 Å². The molecule has 0 radical (unpaired) electrons. The Balaban J connectivity index is 1.53. The molecule has 0 aromatic heterocycles. The minimum Gasteiger partial charge on any atom is -0.398 e. The predicted molar refractivity (Wildman–Crippen MR) is 78.4 cm³/mol. The largest absolute Gasteiger partial charge is 0.398 e. The number of nitrogens with two attached hydrogens (primary N) is 1. The van der Waals surface area contributed by atoms with Crippen molar-refractivity contribution in [2.75, 3.05) is 37.3 Å². The maximum absolute atomic E-state index is 5.93. The molecular weight excluding hydrogens is 238 g/mol. The average molecular weight is 261 g/mol. The number of nitrogen functional groups attached to an aromatic ring is 1. The third kappa shape index (κ3) is 2.85. The highest BCUT2D eigenvalue weighted by molar-refractivity contribution is 5.58. The van der Waals surface area contributed by atoms with Gasteiger partial charge < -0.3 is 15.8 Å². The number of hydrogen-bond donors (Lipinski definition) is 2. The number of aryl methyl sites for hydroxylation is 1. The second-order valence-corrected chi connectivity index (χ2v) is 5.70. The van der Waals surface area contributed by atoms with Crippen LogP contribution in [-0.2, 0) is 4.74 Å². The van der Waals surface area contributed by atoms with Crippen molar-refractivity contribution in [2.24, 2.45) is 0 Å². The number of hydrogen-bond acceptors (Lipinski definition) is 4. The molecule has 104 valence electrons. The molecule has 2 heterocycles. The zero-order valence-corrected chi connectivity index (χ0v) is 11.6. The van der Waals surface area contributed by atoms with Crippen molar-refractivity contribution in [3.8, 4) is 0 Å². The Morgan fingerprint density at radius 2 is 2.37 bits per heavy atom. The van der Waals surface area contributed by atoms with Gasteiger partial charge in [-0.3, -0.25) is 4.90 Å². The molecule has 4 nitrogen and oxygen atoms in total. The smallest absolute Gasteiger partial charge is 0.0874 e. The van der Waals surface area contributed by atoms with E-state index in [9.17, 15) is 0 Å². The predicted octanol–water partition coefficient (Wildman–Crippen LogP) is 1.85. The molecule has 1 aromatic rings. The highest BCUT2D eigenvalue weighted by atomic mass is 16.5. The molecule has 0 aliphatic carbocycles. The van der Waals surface area contributed by atoms with Crippen molar-refractivity contribution in [3.63, 3.8) is 0 Å². The van der Waals surface area contributed by atoms with Gasteiger partial charge in [0, 0.05) is 30.5 Å². The molecule has 2 unspecified atom stereocenters. The van der Waals surface area contributed by atoms with Gasteiger partial charge in [-0.2, -0.15) is 0 Å². The zero-order valence-electron chi connectivity index (χ0n) is 11.6. The Labute approximate surface area is 114 Å². The fourth-order valence-electron chi connectivity index (χ4n) is 2.99. The summed E-state index contributed by atoms with van der Waals surface area (Å²) in [5.74, 6) is 0. The van der Waals surface area contributed by atoms with E-state index in [-0.39, 0.29) is 6.10 Å². The minimum absolute atomic E-state index is 0.289. The molecule has 1 aromatic carbocycles. The monoisotopic (exact) mass is 261 g/mol. The lowest BCUT2D eigenvalue weighted by molar-refractivity contribution is -0.0415. The number of rotatable bonds is 3. The van der Waals surface area contributed by atoms with E-state index in [0.29, 0.717) is 6.04 Å². The van der Waals surface area contributed by atoms with E-state index in [1.807, 2.05) is 13.0 Å². The first-order valence-corrected chi connectivity index (χ1v) is 7.18. The summed E-state index contributed by atoms with van der Waals surface area (Å²) in [6, 6.07) is 6.80. The summed E-state index contributed by atoms with van der Waals surface area (Å²) in [6.07, 6.45) is 2.91. The first-order valence-electron chi connectivity index (χ1n) is 7.18. The molecule has 3 rings (SSSR count). The molecule has 2 aliphatic rings. The Morgan fingerprint density at radius 3 is 3.21 bits per heavy atom. The van der Waals surface area contributed by atoms with Crippen LogP contribution >= 0.6 is 0 Å². The lowest BCUT2D eigenvalue weighted by atomic mass is 10.1. The summed E-state index contributed by atoms with van der Waals surface area (Å²) < 4.78 is 5.93. The number of benzene rings is 1. The molecule has 2 fully saturated rings. The van der Waals surface area contributed by atoms with Crippen LogP contribution in [0.3, 0.4) is 0 Å². The van der Waals surface area contributed by atoms with Gasteiger partial charge in [-0.15, -0.1) is 0 Å². The van der Waals surface area contributed by atoms with Crippen molar-refractivity contribution < 1.29 is 4.74 Å². The van der Waals surface area contributed by atoms with Gasteiger partial charge in [-0.25, -0.2) is 0 Å². The van der Waals surface area contributed by atoms with Gasteiger partial charge in [-0.1, -0.05) is 6.07 Å². The topological polar surface area (TPSA) is 50.5 Å². The van der Waals surface area contributed by atoms with Gasteiger partial charge in [0.25, 0.3) is 0 Å². The number of fused-ring (bicyclic) bond motifs is 1. The molecule has 0 spiro atoms. The van der Waals surface area contributed by atoms with Crippen LogP contribution < -0.4 is 11.1 Å². The first-order chi connectivity index (χ1) is 9.22. The number of nitrogens with zero attached hydrogens (tertiary/aromatic N) is 1. The fraction of sp³-hybridized carbons (Fsp3) is 0.600. The summed E-state index contributed by atoms with van der Waals surface area (Å²) in [5, 5.41) is 3.43. The van der Waals surface area contributed by atoms with Crippen LogP contribution in [0.5, 0.6) is 0 Å². The first kappa shape index (κ1) is 12.8. The highest BCUT2D eigenvalue weighted by Gasteiger charge is 2.31. The van der Waals surface area contributed by atoms with Crippen LogP contribution in [0, 0.1) is 6.92 Å². The lowest BCUT2D eigenvalue weighted by Gasteiger charge is -2.35. The lowest BCUT2D eigenvalue weighted by Crippen LogP contribution is -2.48. The van der Waals surface area contributed by atoms with E-state index >= 15 is 0 Å². The van der Waals surface area contributed by atoms with E-state index < -0.39 is 0 Å². The summed E-state index contributed by atoms with van der Waals surface area (Å²) >= 11 is 0. The van der Waals surface area contributed by atoms with Gasteiger partial charge in [0.2, 0.25) is 0 Å². The van der Waals surface area contributed by atoms with Crippen LogP contribution in [-0.4, -0.2) is 43.3 Å². The molecule has 4 heteroatoms. The number of morpholine rings is 1. The third-order valence-corrected chi connectivity index (χ3v) is 4.27. The van der Waals surface area contributed by atoms with Crippen LogP contribution in [0.15, 0.2) is 18.2 Å². The molecule has 0 saturated carbocycles. The number of ether oxygens (including phenoxy) is 1. The van der Waals surface area contributed by atoms with Gasteiger partial charge in [0.1, 0.15) is 0 Å². The van der Waals surface area contributed by atoms with Crippen LogP contribution in [0.2, 0.25) is 0 Å². The second kappa shape index (κ2) is 5.39. The minimum atomic E-state index is 0.289. The molecular formula is C15H23N3O. The molecule has 0 amide bonds. The molecule has 0 bridgehead atoms. The summed E-state index contributed by atoms with van der Waals surface area (Å²) in [4.78, 5) is 2.57. The maximum Gasteiger partial charge on any atom is 0.0874 e. The van der Waals surface area contributed by atoms with E-state index in [4.69, 9.17) is 10.5 Å². The molecule has 2 saturated heterocycles. The molecule has 2 atom stereocenters. The fourth-order valence-corrected chi connectivity index (χ4v) is 2.99. The van der Waals surface area contributed by atoms with Crippen molar-refractivity contribution in [1.29, 1.82) is 0 Å². The van der Waals surface area contributed by atoms with E-state index in [1.165, 1.54) is 19.4 Å². The quantitative estimate of drug-likeness (QED) is 0.815. The van der Waals surface area contributed by atoms with Gasteiger partial charge in [0.15, 0.2) is 0 Å². The maximum atomic E-state index is 5.93. The van der Waals surface area contributed by atoms with E-state index in [0.717, 1.165) is 36.6 Å².